The fourth-order valence-corrected chi connectivity index (χ4v) is 2.53. The van der Waals surface area contributed by atoms with Crippen molar-refractivity contribution in [3.63, 3.8) is 0 Å². The Morgan fingerprint density at radius 1 is 1.44 bits per heavy atom. The SMILES string of the molecule is CCCSCC(NN)c1cncc(OC(C)C)c1. The molecule has 0 spiro atoms. The van der Waals surface area contributed by atoms with Crippen molar-refractivity contribution in [2.24, 2.45) is 5.84 Å². The minimum Gasteiger partial charge on any atom is -0.489 e. The van der Waals surface area contributed by atoms with Crippen LogP contribution < -0.4 is 16.0 Å². The third-order valence-corrected chi connectivity index (χ3v) is 3.61. The van der Waals surface area contributed by atoms with Gasteiger partial charge in [0, 0.05) is 11.9 Å². The number of nitrogens with one attached hydrogen (secondary N) is 1. The first-order valence-electron chi connectivity index (χ1n) is 6.32. The van der Waals surface area contributed by atoms with Crippen LogP contribution in [-0.2, 0) is 0 Å². The third kappa shape index (κ3) is 5.25. The van der Waals surface area contributed by atoms with Crippen LogP contribution in [0.2, 0.25) is 0 Å². The first-order chi connectivity index (χ1) is 8.67. The molecule has 0 aliphatic carbocycles. The predicted octanol–water partition coefficient (Wildman–Crippen LogP) is 2.52. The summed E-state index contributed by atoms with van der Waals surface area (Å²) in [5, 5.41) is 0. The first kappa shape index (κ1) is 15.3. The Balaban J connectivity index is 2.66. The Morgan fingerprint density at radius 2 is 2.22 bits per heavy atom. The first-order valence-corrected chi connectivity index (χ1v) is 7.48. The summed E-state index contributed by atoms with van der Waals surface area (Å²) in [5.74, 6) is 8.49. The van der Waals surface area contributed by atoms with E-state index in [9.17, 15) is 0 Å². The molecule has 1 rings (SSSR count). The summed E-state index contributed by atoms with van der Waals surface area (Å²) in [6.45, 7) is 6.18. The van der Waals surface area contributed by atoms with E-state index in [1.807, 2.05) is 37.9 Å². The molecule has 0 saturated carbocycles. The van der Waals surface area contributed by atoms with Gasteiger partial charge in [-0.3, -0.25) is 16.3 Å². The highest BCUT2D eigenvalue weighted by molar-refractivity contribution is 7.99. The number of pyridine rings is 1. The zero-order chi connectivity index (χ0) is 13.4. The molecule has 0 aromatic carbocycles. The van der Waals surface area contributed by atoms with Crippen molar-refractivity contribution in [3.8, 4) is 5.75 Å². The summed E-state index contributed by atoms with van der Waals surface area (Å²) >= 11 is 1.89. The van der Waals surface area contributed by atoms with Gasteiger partial charge in [0.15, 0.2) is 0 Å². The standard InChI is InChI=1S/C13H23N3OS/c1-4-5-18-9-13(16-14)11-6-12(8-15-7-11)17-10(2)3/h6-8,10,13,16H,4-5,9,14H2,1-3H3. The van der Waals surface area contributed by atoms with Crippen LogP contribution >= 0.6 is 11.8 Å². The molecule has 4 nitrogen and oxygen atoms in total. The molecule has 0 aliphatic heterocycles. The maximum Gasteiger partial charge on any atom is 0.138 e. The smallest absolute Gasteiger partial charge is 0.138 e. The zero-order valence-corrected chi connectivity index (χ0v) is 12.2. The van der Waals surface area contributed by atoms with Crippen molar-refractivity contribution < 1.29 is 4.74 Å². The lowest BCUT2D eigenvalue weighted by atomic mass is 10.1. The molecule has 1 unspecified atom stereocenters. The minimum atomic E-state index is 0.116. The van der Waals surface area contributed by atoms with Crippen LogP contribution in [-0.4, -0.2) is 22.6 Å². The summed E-state index contributed by atoms with van der Waals surface area (Å²) in [6.07, 6.45) is 4.90. The maximum absolute atomic E-state index is 5.64. The highest BCUT2D eigenvalue weighted by Gasteiger charge is 2.11. The number of thioether (sulfide) groups is 1. The Hall–Kier alpha value is -0.780. The van der Waals surface area contributed by atoms with Crippen molar-refractivity contribution in [1.82, 2.24) is 10.4 Å². The lowest BCUT2D eigenvalue weighted by molar-refractivity contribution is 0.241. The van der Waals surface area contributed by atoms with Gasteiger partial charge < -0.3 is 4.74 Å². The van der Waals surface area contributed by atoms with E-state index in [2.05, 4.69) is 17.3 Å². The average molecular weight is 269 g/mol. The van der Waals surface area contributed by atoms with Gasteiger partial charge in [0.2, 0.25) is 0 Å². The van der Waals surface area contributed by atoms with Crippen LogP contribution in [0.3, 0.4) is 0 Å². The van der Waals surface area contributed by atoms with Crippen molar-refractivity contribution in [2.45, 2.75) is 39.3 Å². The molecule has 1 heterocycles. The molecule has 0 amide bonds. The zero-order valence-electron chi connectivity index (χ0n) is 11.3. The summed E-state index contributed by atoms with van der Waals surface area (Å²) < 4.78 is 5.64. The largest absolute Gasteiger partial charge is 0.489 e. The molecule has 1 aromatic heterocycles. The van der Waals surface area contributed by atoms with E-state index >= 15 is 0 Å². The van der Waals surface area contributed by atoms with Crippen LogP contribution in [0.1, 0.15) is 38.8 Å². The number of hydrogen-bond acceptors (Lipinski definition) is 5. The molecule has 1 atom stereocenters. The van der Waals surface area contributed by atoms with Crippen molar-refractivity contribution in [2.75, 3.05) is 11.5 Å². The van der Waals surface area contributed by atoms with Crippen LogP contribution in [0.25, 0.3) is 0 Å². The number of nitrogens with zero attached hydrogens (tertiary/aromatic N) is 1. The molecule has 3 N–H and O–H groups in total. The number of aromatic nitrogens is 1. The summed E-state index contributed by atoms with van der Waals surface area (Å²) in [4.78, 5) is 4.20. The molecule has 18 heavy (non-hydrogen) atoms. The fraction of sp³-hybridized carbons (Fsp3) is 0.615. The maximum atomic E-state index is 5.64. The van der Waals surface area contributed by atoms with Gasteiger partial charge in [-0.2, -0.15) is 11.8 Å². The monoisotopic (exact) mass is 269 g/mol. The minimum absolute atomic E-state index is 0.116. The van der Waals surface area contributed by atoms with Gasteiger partial charge in [-0.15, -0.1) is 0 Å². The van der Waals surface area contributed by atoms with Gasteiger partial charge in [0.25, 0.3) is 0 Å². The van der Waals surface area contributed by atoms with Gasteiger partial charge in [-0.25, -0.2) is 0 Å². The van der Waals surface area contributed by atoms with E-state index < -0.39 is 0 Å². The predicted molar refractivity (Wildman–Crippen MR) is 77.7 cm³/mol. The molecule has 0 fully saturated rings. The number of ether oxygens (including phenoxy) is 1. The molecule has 0 aliphatic rings. The van der Waals surface area contributed by atoms with Crippen LogP contribution in [0, 0.1) is 0 Å². The highest BCUT2D eigenvalue weighted by atomic mass is 32.2. The van der Waals surface area contributed by atoms with Gasteiger partial charge in [-0.1, -0.05) is 6.92 Å². The summed E-state index contributed by atoms with van der Waals surface area (Å²) in [7, 11) is 0. The van der Waals surface area contributed by atoms with Crippen LogP contribution in [0.4, 0.5) is 0 Å². The van der Waals surface area contributed by atoms with E-state index in [0.29, 0.717) is 0 Å². The lowest BCUT2D eigenvalue weighted by Gasteiger charge is -2.17. The van der Waals surface area contributed by atoms with Crippen molar-refractivity contribution in [3.05, 3.63) is 24.0 Å². The summed E-state index contributed by atoms with van der Waals surface area (Å²) in [5.41, 5.74) is 3.91. The molecule has 1 aromatic rings. The van der Waals surface area contributed by atoms with Crippen LogP contribution in [0.15, 0.2) is 18.5 Å². The molecular weight excluding hydrogens is 246 g/mol. The number of hydrazine groups is 1. The molecule has 0 saturated heterocycles. The average Bonchev–Trinajstić information content (AvgIpc) is 2.34. The van der Waals surface area contributed by atoms with E-state index in [1.54, 1.807) is 6.20 Å². The highest BCUT2D eigenvalue weighted by Crippen LogP contribution is 2.21. The normalized spacial score (nSPS) is 12.7. The Labute approximate surface area is 114 Å². The van der Waals surface area contributed by atoms with Gasteiger partial charge in [-0.05, 0) is 37.7 Å². The molecule has 0 radical (unpaired) electrons. The lowest BCUT2D eigenvalue weighted by Crippen LogP contribution is -2.30. The second-order valence-corrected chi connectivity index (χ2v) is 5.56. The Bertz CT molecular complexity index is 347. The van der Waals surface area contributed by atoms with Crippen molar-refractivity contribution >= 4 is 11.8 Å². The quantitative estimate of drug-likeness (QED) is 0.431. The topological polar surface area (TPSA) is 60.2 Å². The second-order valence-electron chi connectivity index (χ2n) is 4.41. The Kier molecular flexibility index (Phi) is 7.08. The van der Waals surface area contributed by atoms with Crippen LogP contribution in [0.5, 0.6) is 5.75 Å². The van der Waals surface area contributed by atoms with Gasteiger partial charge in [0.1, 0.15) is 5.75 Å². The number of rotatable bonds is 8. The molecule has 0 bridgehead atoms. The van der Waals surface area contributed by atoms with E-state index in [4.69, 9.17) is 10.6 Å². The number of nitrogens with two attached hydrogens (primary N) is 1. The van der Waals surface area contributed by atoms with Gasteiger partial charge >= 0.3 is 0 Å². The second kappa shape index (κ2) is 8.34. The molecular formula is C13H23N3OS. The number of hydrogen-bond donors (Lipinski definition) is 2. The third-order valence-electron chi connectivity index (χ3n) is 2.34. The molecule has 5 heteroatoms. The van der Waals surface area contributed by atoms with E-state index in [-0.39, 0.29) is 12.1 Å². The Morgan fingerprint density at radius 3 is 2.83 bits per heavy atom. The van der Waals surface area contributed by atoms with Gasteiger partial charge in [0.05, 0.1) is 18.3 Å². The van der Waals surface area contributed by atoms with Crippen molar-refractivity contribution in [1.29, 1.82) is 0 Å². The van der Waals surface area contributed by atoms with E-state index in [1.165, 1.54) is 6.42 Å². The molecule has 102 valence electrons. The van der Waals surface area contributed by atoms with E-state index in [0.717, 1.165) is 22.8 Å². The fourth-order valence-electron chi connectivity index (χ4n) is 1.55. The summed E-state index contributed by atoms with van der Waals surface area (Å²) in [6, 6.07) is 2.12.